The summed E-state index contributed by atoms with van der Waals surface area (Å²) in [5.74, 6) is 0.968. The zero-order valence-corrected chi connectivity index (χ0v) is 17.4. The van der Waals surface area contributed by atoms with Crippen LogP contribution in [0.2, 0.25) is 0 Å². The Balaban J connectivity index is 1.48. The fourth-order valence-corrected chi connectivity index (χ4v) is 5.02. The van der Waals surface area contributed by atoms with Crippen LogP contribution >= 0.6 is 0 Å². The number of pyridine rings is 1. The average molecular weight is 415 g/mol. The third kappa shape index (κ3) is 3.38. The van der Waals surface area contributed by atoms with Gasteiger partial charge in [-0.05, 0) is 41.5 Å². The number of hydrogen-bond acceptors (Lipinski definition) is 5. The maximum Gasteiger partial charge on any atom is 0.259 e. The number of para-hydroxylation sites is 1. The molecule has 0 unspecified atom stereocenters. The van der Waals surface area contributed by atoms with E-state index in [-0.39, 0.29) is 30.5 Å². The highest BCUT2D eigenvalue weighted by Crippen LogP contribution is 2.49. The molecule has 1 amide bonds. The number of fused-ring (bicyclic) bond motifs is 3. The van der Waals surface area contributed by atoms with Crippen LogP contribution in [-0.2, 0) is 6.54 Å². The van der Waals surface area contributed by atoms with Gasteiger partial charge in [0.25, 0.3) is 5.91 Å². The molecule has 6 heteroatoms. The lowest BCUT2D eigenvalue weighted by atomic mass is 9.71. The van der Waals surface area contributed by atoms with E-state index in [9.17, 15) is 9.90 Å². The van der Waals surface area contributed by atoms with E-state index in [1.165, 1.54) is 0 Å². The van der Waals surface area contributed by atoms with Crippen molar-refractivity contribution >= 4 is 11.6 Å². The van der Waals surface area contributed by atoms with Crippen molar-refractivity contribution in [3.63, 3.8) is 0 Å². The number of carbonyl (C=O) groups is 1. The third-order valence-electron chi connectivity index (χ3n) is 6.48. The highest BCUT2D eigenvalue weighted by atomic mass is 16.5. The molecule has 158 valence electrons. The largest absolute Gasteiger partial charge is 0.497 e. The molecule has 0 spiro atoms. The van der Waals surface area contributed by atoms with E-state index in [2.05, 4.69) is 22.0 Å². The number of benzene rings is 2. The van der Waals surface area contributed by atoms with Crippen LogP contribution in [0.1, 0.15) is 27.4 Å². The number of likely N-dealkylation sites (tertiary alicyclic amines) is 1. The minimum atomic E-state index is -0.0484. The molecule has 2 aliphatic heterocycles. The molecule has 5 rings (SSSR count). The lowest BCUT2D eigenvalue weighted by Crippen LogP contribution is -2.68. The molecule has 1 saturated heterocycles. The summed E-state index contributed by atoms with van der Waals surface area (Å²) in [6, 6.07) is 19.8. The van der Waals surface area contributed by atoms with Gasteiger partial charge < -0.3 is 14.7 Å². The fraction of sp³-hybridized carbons (Fsp3) is 0.280. The first-order valence-electron chi connectivity index (χ1n) is 10.5. The number of amides is 1. The second-order valence-electron chi connectivity index (χ2n) is 8.08. The van der Waals surface area contributed by atoms with Crippen molar-refractivity contribution < 1.29 is 14.6 Å². The van der Waals surface area contributed by atoms with Crippen molar-refractivity contribution in [1.82, 2.24) is 9.88 Å². The maximum atomic E-state index is 13.3. The molecule has 1 fully saturated rings. The number of aliphatic hydroxyl groups is 1. The molecule has 2 aliphatic rings. The quantitative estimate of drug-likeness (QED) is 0.694. The van der Waals surface area contributed by atoms with Crippen molar-refractivity contribution in [2.45, 2.75) is 24.5 Å². The highest BCUT2D eigenvalue weighted by molar-refractivity contribution is 6.06. The number of hydrogen-bond donors (Lipinski definition) is 1. The number of aliphatic hydroxyl groups excluding tert-OH is 1. The summed E-state index contributed by atoms with van der Waals surface area (Å²) in [6.45, 7) is 1.35. The summed E-state index contributed by atoms with van der Waals surface area (Å²) in [4.78, 5) is 21.6. The van der Waals surface area contributed by atoms with Crippen LogP contribution in [0.25, 0.3) is 0 Å². The van der Waals surface area contributed by atoms with Crippen LogP contribution in [0.4, 0.5) is 5.69 Å². The maximum absolute atomic E-state index is 13.3. The molecule has 3 atom stereocenters. The molecule has 6 nitrogen and oxygen atoms in total. The molecule has 2 aromatic carbocycles. The van der Waals surface area contributed by atoms with Gasteiger partial charge in [-0.15, -0.1) is 0 Å². The van der Waals surface area contributed by atoms with Gasteiger partial charge in [0.2, 0.25) is 0 Å². The SMILES string of the molecule is COc1cccc(CN2[C@@H](CO)[C@@H]3c4ccccc4N(C(=O)c4cccnc4)C[C@@H]32)c1. The van der Waals surface area contributed by atoms with Crippen LogP contribution < -0.4 is 9.64 Å². The summed E-state index contributed by atoms with van der Waals surface area (Å²) < 4.78 is 5.37. The van der Waals surface area contributed by atoms with Crippen molar-refractivity contribution in [1.29, 1.82) is 0 Å². The van der Waals surface area contributed by atoms with Crippen LogP contribution in [0.15, 0.2) is 73.1 Å². The van der Waals surface area contributed by atoms with Crippen LogP contribution in [-0.4, -0.2) is 53.2 Å². The van der Waals surface area contributed by atoms with Crippen molar-refractivity contribution in [2.75, 3.05) is 25.2 Å². The number of methoxy groups -OCH3 is 1. The molecule has 1 aromatic heterocycles. The van der Waals surface area contributed by atoms with Gasteiger partial charge in [0, 0.05) is 49.2 Å². The molecule has 0 saturated carbocycles. The van der Waals surface area contributed by atoms with E-state index >= 15 is 0 Å². The van der Waals surface area contributed by atoms with Gasteiger partial charge in [-0.3, -0.25) is 14.7 Å². The Hall–Kier alpha value is -3.22. The second kappa shape index (κ2) is 8.13. The molecule has 0 radical (unpaired) electrons. The number of carbonyl (C=O) groups excluding carboxylic acids is 1. The van der Waals surface area contributed by atoms with Gasteiger partial charge >= 0.3 is 0 Å². The number of nitrogens with zero attached hydrogens (tertiary/aromatic N) is 3. The number of aromatic nitrogens is 1. The predicted molar refractivity (Wildman–Crippen MR) is 118 cm³/mol. The van der Waals surface area contributed by atoms with E-state index in [1.807, 2.05) is 41.3 Å². The van der Waals surface area contributed by atoms with Gasteiger partial charge in [0.05, 0.1) is 19.3 Å². The van der Waals surface area contributed by atoms with Crippen molar-refractivity contribution in [3.8, 4) is 5.75 Å². The summed E-state index contributed by atoms with van der Waals surface area (Å²) in [5, 5.41) is 10.2. The lowest BCUT2D eigenvalue weighted by molar-refractivity contribution is -0.0488. The minimum Gasteiger partial charge on any atom is -0.497 e. The van der Waals surface area contributed by atoms with Gasteiger partial charge in [0.1, 0.15) is 5.75 Å². The Bertz CT molecular complexity index is 1090. The number of rotatable bonds is 5. The number of anilines is 1. The van der Waals surface area contributed by atoms with Crippen LogP contribution in [0.5, 0.6) is 5.75 Å². The standard InChI is InChI=1S/C25H25N3O3/c1-31-19-8-4-6-17(12-19)14-27-22-15-28(25(30)18-7-5-11-26-13-18)21-10-3-2-9-20(21)24(22)23(27)16-29/h2-13,22-24,29H,14-16H2,1H3/t22-,23-,24+/m0/s1. The first-order valence-corrected chi connectivity index (χ1v) is 10.5. The Morgan fingerprint density at radius 1 is 1.16 bits per heavy atom. The van der Waals surface area contributed by atoms with E-state index in [4.69, 9.17) is 4.74 Å². The van der Waals surface area contributed by atoms with Crippen molar-refractivity contribution in [3.05, 3.63) is 89.7 Å². The molecular formula is C25H25N3O3. The smallest absolute Gasteiger partial charge is 0.259 e. The van der Waals surface area contributed by atoms with E-state index in [1.54, 1.807) is 31.6 Å². The summed E-state index contributed by atoms with van der Waals surface area (Å²) in [6.07, 6.45) is 3.28. The zero-order valence-electron chi connectivity index (χ0n) is 17.4. The first-order chi connectivity index (χ1) is 15.2. The van der Waals surface area contributed by atoms with E-state index < -0.39 is 0 Å². The average Bonchev–Trinajstić information content (AvgIpc) is 2.83. The molecule has 1 N–H and O–H groups in total. The summed E-state index contributed by atoms with van der Waals surface area (Å²) in [7, 11) is 1.66. The van der Waals surface area contributed by atoms with Crippen molar-refractivity contribution in [2.24, 2.45) is 0 Å². The third-order valence-corrected chi connectivity index (χ3v) is 6.48. The van der Waals surface area contributed by atoms with Gasteiger partial charge in [-0.2, -0.15) is 0 Å². The fourth-order valence-electron chi connectivity index (χ4n) is 5.02. The van der Waals surface area contributed by atoms with E-state index in [0.717, 1.165) is 22.6 Å². The Morgan fingerprint density at radius 3 is 2.81 bits per heavy atom. The van der Waals surface area contributed by atoms with Gasteiger partial charge in [0.15, 0.2) is 0 Å². The molecular weight excluding hydrogens is 390 g/mol. The first kappa shape index (κ1) is 19.7. The lowest BCUT2D eigenvalue weighted by Gasteiger charge is -2.59. The Kier molecular flexibility index (Phi) is 5.18. The topological polar surface area (TPSA) is 65.9 Å². The normalized spacial score (nSPS) is 22.3. The van der Waals surface area contributed by atoms with Crippen LogP contribution in [0, 0.1) is 0 Å². The molecule has 31 heavy (non-hydrogen) atoms. The molecule has 0 aliphatic carbocycles. The zero-order chi connectivity index (χ0) is 21.4. The number of ether oxygens (including phenoxy) is 1. The predicted octanol–water partition coefficient (Wildman–Crippen LogP) is 3.08. The summed E-state index contributed by atoms with van der Waals surface area (Å²) in [5.41, 5.74) is 3.75. The van der Waals surface area contributed by atoms with Gasteiger partial charge in [-0.1, -0.05) is 30.3 Å². The van der Waals surface area contributed by atoms with E-state index in [0.29, 0.717) is 18.7 Å². The molecule has 0 bridgehead atoms. The Morgan fingerprint density at radius 2 is 2.03 bits per heavy atom. The van der Waals surface area contributed by atoms with Crippen LogP contribution in [0.3, 0.4) is 0 Å². The highest BCUT2D eigenvalue weighted by Gasteiger charge is 2.53. The second-order valence-corrected chi connectivity index (χ2v) is 8.08. The monoisotopic (exact) mass is 415 g/mol. The molecule has 3 aromatic rings. The van der Waals surface area contributed by atoms with Gasteiger partial charge in [-0.25, -0.2) is 0 Å². The summed E-state index contributed by atoms with van der Waals surface area (Å²) >= 11 is 0. The molecule has 3 heterocycles. The Labute approximate surface area is 181 Å². The minimum absolute atomic E-state index is 0.0213.